The minimum atomic E-state index is -0.139. The molecule has 1 N–H and O–H groups in total. The smallest absolute Gasteiger partial charge is 0.126 e. The van der Waals surface area contributed by atoms with E-state index in [0.29, 0.717) is 6.42 Å². The van der Waals surface area contributed by atoms with Gasteiger partial charge >= 0.3 is 0 Å². The summed E-state index contributed by atoms with van der Waals surface area (Å²) in [5.41, 5.74) is 1.91. The second-order valence-corrected chi connectivity index (χ2v) is 5.36. The van der Waals surface area contributed by atoms with E-state index in [2.05, 4.69) is 25.2 Å². The number of nitrogens with one attached hydrogen (secondary N) is 1. The van der Waals surface area contributed by atoms with E-state index in [4.69, 9.17) is 4.74 Å². The Hall–Kier alpha value is -1.87. The van der Waals surface area contributed by atoms with Crippen molar-refractivity contribution in [3.63, 3.8) is 0 Å². The fourth-order valence-electron chi connectivity index (χ4n) is 2.49. The van der Waals surface area contributed by atoms with Crippen molar-refractivity contribution in [1.29, 1.82) is 0 Å². The molecular weight excluding hydrogens is 265 g/mol. The van der Waals surface area contributed by atoms with Gasteiger partial charge in [-0.05, 0) is 49.6 Å². The zero-order valence-electron chi connectivity index (χ0n) is 12.8. The largest absolute Gasteiger partial charge is 0.497 e. The molecule has 0 saturated carbocycles. The molecule has 2 rings (SSSR count). The van der Waals surface area contributed by atoms with Crippen LogP contribution in [-0.2, 0) is 6.42 Å². The summed E-state index contributed by atoms with van der Waals surface area (Å²) < 4.78 is 18.9. The predicted molar refractivity (Wildman–Crippen MR) is 84.1 cm³/mol. The van der Waals surface area contributed by atoms with Crippen LogP contribution < -0.4 is 10.1 Å². The van der Waals surface area contributed by atoms with Crippen LogP contribution >= 0.6 is 0 Å². The Morgan fingerprint density at radius 3 is 2.57 bits per heavy atom. The Bertz CT molecular complexity index is 585. The van der Waals surface area contributed by atoms with E-state index in [9.17, 15) is 4.39 Å². The summed E-state index contributed by atoms with van der Waals surface area (Å²) in [5, 5.41) is 3.50. The summed E-state index contributed by atoms with van der Waals surface area (Å²) in [7, 11) is 1.66. The Balaban J connectivity index is 1.98. The van der Waals surface area contributed by atoms with Gasteiger partial charge in [-0.2, -0.15) is 0 Å². The molecule has 0 bridgehead atoms. The van der Waals surface area contributed by atoms with Crippen molar-refractivity contribution in [1.82, 2.24) is 5.32 Å². The molecule has 0 aromatic heterocycles. The molecule has 21 heavy (non-hydrogen) atoms. The highest BCUT2D eigenvalue weighted by Crippen LogP contribution is 2.20. The van der Waals surface area contributed by atoms with Gasteiger partial charge in [0, 0.05) is 12.1 Å². The highest BCUT2D eigenvalue weighted by atomic mass is 19.1. The quantitative estimate of drug-likeness (QED) is 0.863. The third-order valence-corrected chi connectivity index (χ3v) is 3.61. The molecule has 3 heteroatoms. The van der Waals surface area contributed by atoms with Gasteiger partial charge in [-0.25, -0.2) is 4.39 Å². The number of hydrogen-bond acceptors (Lipinski definition) is 2. The first-order valence-electron chi connectivity index (χ1n) is 7.23. The standard InChI is InChI=1S/C18H22FNO/c1-13(11-16-7-4-5-10-18(16)19)20-14(2)15-8-6-9-17(12-15)21-3/h4-10,12-14,20H,11H2,1-3H3/t13?,14-/m0/s1. The lowest BCUT2D eigenvalue weighted by molar-refractivity contribution is 0.412. The average molecular weight is 287 g/mol. The van der Waals surface area contributed by atoms with E-state index >= 15 is 0 Å². The SMILES string of the molecule is COc1cccc([C@H](C)NC(C)Cc2ccccc2F)c1. The van der Waals surface area contributed by atoms with Gasteiger partial charge in [0.25, 0.3) is 0 Å². The Labute approximate surface area is 126 Å². The van der Waals surface area contributed by atoms with Crippen LogP contribution in [0, 0.1) is 5.82 Å². The number of methoxy groups -OCH3 is 1. The van der Waals surface area contributed by atoms with Crippen LogP contribution in [0.4, 0.5) is 4.39 Å². The molecule has 0 saturated heterocycles. The first kappa shape index (κ1) is 15.5. The van der Waals surface area contributed by atoms with E-state index in [0.717, 1.165) is 16.9 Å². The van der Waals surface area contributed by atoms with Gasteiger partial charge in [0.2, 0.25) is 0 Å². The molecule has 2 nitrogen and oxygen atoms in total. The number of rotatable bonds is 6. The molecule has 0 aliphatic carbocycles. The zero-order chi connectivity index (χ0) is 15.2. The van der Waals surface area contributed by atoms with E-state index in [1.54, 1.807) is 13.2 Å². The van der Waals surface area contributed by atoms with Gasteiger partial charge in [0.1, 0.15) is 11.6 Å². The fraction of sp³-hybridized carbons (Fsp3) is 0.333. The fourth-order valence-corrected chi connectivity index (χ4v) is 2.49. The Kier molecular flexibility index (Phi) is 5.34. The van der Waals surface area contributed by atoms with Gasteiger partial charge in [-0.1, -0.05) is 30.3 Å². The summed E-state index contributed by atoms with van der Waals surface area (Å²) >= 11 is 0. The van der Waals surface area contributed by atoms with Crippen LogP contribution in [0.25, 0.3) is 0 Å². The first-order valence-corrected chi connectivity index (χ1v) is 7.23. The van der Waals surface area contributed by atoms with Crippen molar-refractivity contribution in [3.8, 4) is 5.75 Å². The Morgan fingerprint density at radius 1 is 1.10 bits per heavy atom. The maximum absolute atomic E-state index is 13.7. The molecule has 0 heterocycles. The van der Waals surface area contributed by atoms with Gasteiger partial charge in [0.05, 0.1) is 7.11 Å². The van der Waals surface area contributed by atoms with Crippen molar-refractivity contribution in [3.05, 3.63) is 65.5 Å². The van der Waals surface area contributed by atoms with Crippen LogP contribution in [0.1, 0.15) is 31.0 Å². The van der Waals surface area contributed by atoms with Crippen LogP contribution in [0.15, 0.2) is 48.5 Å². The van der Waals surface area contributed by atoms with Gasteiger partial charge in [-0.3, -0.25) is 0 Å². The topological polar surface area (TPSA) is 21.3 Å². The summed E-state index contributed by atoms with van der Waals surface area (Å²) in [6.07, 6.45) is 0.668. The normalized spacial score (nSPS) is 13.7. The lowest BCUT2D eigenvalue weighted by Gasteiger charge is -2.21. The molecule has 0 aliphatic heterocycles. The van der Waals surface area contributed by atoms with Crippen molar-refractivity contribution in [2.45, 2.75) is 32.4 Å². The molecule has 2 aromatic carbocycles. The van der Waals surface area contributed by atoms with Crippen LogP contribution in [-0.4, -0.2) is 13.2 Å². The summed E-state index contributed by atoms with van der Waals surface area (Å²) in [6, 6.07) is 15.3. The number of benzene rings is 2. The molecule has 1 unspecified atom stereocenters. The van der Waals surface area contributed by atoms with E-state index in [1.807, 2.05) is 30.3 Å². The minimum Gasteiger partial charge on any atom is -0.497 e. The third kappa shape index (κ3) is 4.30. The molecule has 0 amide bonds. The average Bonchev–Trinajstić information content (AvgIpc) is 2.49. The van der Waals surface area contributed by atoms with E-state index in [1.165, 1.54) is 6.07 Å². The Morgan fingerprint density at radius 2 is 1.86 bits per heavy atom. The molecular formula is C18H22FNO. The van der Waals surface area contributed by atoms with E-state index in [-0.39, 0.29) is 17.9 Å². The van der Waals surface area contributed by atoms with Crippen molar-refractivity contribution in [2.24, 2.45) is 0 Å². The molecule has 0 spiro atoms. The second kappa shape index (κ2) is 7.23. The molecule has 112 valence electrons. The van der Waals surface area contributed by atoms with Crippen molar-refractivity contribution >= 4 is 0 Å². The molecule has 0 radical (unpaired) electrons. The molecule has 0 aliphatic rings. The summed E-state index contributed by atoms with van der Waals surface area (Å²) in [6.45, 7) is 4.18. The number of hydrogen-bond donors (Lipinski definition) is 1. The number of halogens is 1. The minimum absolute atomic E-state index is 0.139. The van der Waals surface area contributed by atoms with E-state index < -0.39 is 0 Å². The maximum Gasteiger partial charge on any atom is 0.126 e. The maximum atomic E-state index is 13.7. The van der Waals surface area contributed by atoms with Crippen LogP contribution in [0.3, 0.4) is 0 Å². The predicted octanol–water partition coefficient (Wildman–Crippen LogP) is 4.12. The van der Waals surface area contributed by atoms with Crippen LogP contribution in [0.2, 0.25) is 0 Å². The lowest BCUT2D eigenvalue weighted by Crippen LogP contribution is -2.31. The molecule has 2 atom stereocenters. The van der Waals surface area contributed by atoms with Gasteiger partial charge in [0.15, 0.2) is 0 Å². The highest BCUT2D eigenvalue weighted by Gasteiger charge is 2.12. The zero-order valence-corrected chi connectivity index (χ0v) is 12.8. The summed E-state index contributed by atoms with van der Waals surface area (Å²) in [5.74, 6) is 0.711. The molecule has 2 aromatic rings. The van der Waals surface area contributed by atoms with Crippen LogP contribution in [0.5, 0.6) is 5.75 Å². The molecule has 0 fully saturated rings. The summed E-state index contributed by atoms with van der Waals surface area (Å²) in [4.78, 5) is 0. The van der Waals surface area contributed by atoms with Gasteiger partial charge < -0.3 is 10.1 Å². The van der Waals surface area contributed by atoms with Crippen molar-refractivity contribution < 1.29 is 9.13 Å². The lowest BCUT2D eigenvalue weighted by atomic mass is 10.0. The monoisotopic (exact) mass is 287 g/mol. The third-order valence-electron chi connectivity index (χ3n) is 3.61. The highest BCUT2D eigenvalue weighted by molar-refractivity contribution is 5.30. The first-order chi connectivity index (χ1) is 10.1. The van der Waals surface area contributed by atoms with Gasteiger partial charge in [-0.15, -0.1) is 0 Å². The number of ether oxygens (including phenoxy) is 1. The second-order valence-electron chi connectivity index (χ2n) is 5.36. The van der Waals surface area contributed by atoms with Crippen molar-refractivity contribution in [2.75, 3.05) is 7.11 Å².